The summed E-state index contributed by atoms with van der Waals surface area (Å²) in [5, 5.41) is 0. The maximum atomic E-state index is 12.9. The van der Waals surface area contributed by atoms with Crippen LogP contribution >= 0.6 is 7.82 Å². The van der Waals surface area contributed by atoms with Crippen LogP contribution in [0.5, 0.6) is 0 Å². The van der Waals surface area contributed by atoms with Crippen molar-refractivity contribution in [2.24, 2.45) is 0 Å². The van der Waals surface area contributed by atoms with Gasteiger partial charge in [0.2, 0.25) is 0 Å². The third kappa shape index (κ3) is 80.9. The van der Waals surface area contributed by atoms with Crippen molar-refractivity contribution >= 4 is 19.8 Å². The Morgan fingerprint density at radius 1 is 0.327 bits per heavy atom. The number of unbranched alkanes of at least 4 members (excludes halogenated alkanes) is 36. The number of nitrogens with zero attached hydrogens (tertiary/aromatic N) is 1. The monoisotopic (exact) mass is 1380 g/mol. The molecule has 0 saturated heterocycles. The lowest BCUT2D eigenvalue weighted by atomic mass is 10.0. The van der Waals surface area contributed by atoms with Gasteiger partial charge in [-0.3, -0.25) is 14.2 Å². The second kappa shape index (κ2) is 77.1. The highest BCUT2D eigenvalue weighted by molar-refractivity contribution is 7.45. The molecule has 0 aliphatic carbocycles. The van der Waals surface area contributed by atoms with Gasteiger partial charge in [0, 0.05) is 12.8 Å². The molecule has 0 saturated carbocycles. The van der Waals surface area contributed by atoms with Crippen LogP contribution in [0, 0.1) is 0 Å². The summed E-state index contributed by atoms with van der Waals surface area (Å²) in [7, 11) is 1.16. The van der Waals surface area contributed by atoms with Crippen LogP contribution in [0.1, 0.15) is 348 Å². The molecule has 0 aromatic carbocycles. The molecule has 2 unspecified atom stereocenters. The number of phosphoric acid groups is 1. The van der Waals surface area contributed by atoms with Crippen molar-refractivity contribution < 1.29 is 42.1 Å². The summed E-state index contributed by atoms with van der Waals surface area (Å²) in [5.74, 6) is -0.828. The van der Waals surface area contributed by atoms with E-state index in [1.54, 1.807) is 0 Å². The number of likely N-dealkylation sites (N-methyl/N-ethyl adjacent to an activating group) is 1. The lowest BCUT2D eigenvalue weighted by molar-refractivity contribution is -0.870. The third-order valence-corrected chi connectivity index (χ3v) is 18.3. The van der Waals surface area contributed by atoms with Crippen LogP contribution in [0.15, 0.2) is 146 Å². The van der Waals surface area contributed by atoms with E-state index in [2.05, 4.69) is 160 Å². The minimum atomic E-state index is -4.65. The molecule has 0 bridgehead atoms. The van der Waals surface area contributed by atoms with Gasteiger partial charge in [-0.1, -0.05) is 359 Å². The molecule has 0 amide bonds. The smallest absolute Gasteiger partial charge is 0.306 e. The van der Waals surface area contributed by atoms with E-state index in [0.29, 0.717) is 17.4 Å². The third-order valence-electron chi connectivity index (χ3n) is 17.3. The number of hydrogen-bond acceptors (Lipinski definition) is 8. The summed E-state index contributed by atoms with van der Waals surface area (Å²) in [4.78, 5) is 38.2. The number of esters is 2. The predicted molar refractivity (Wildman–Crippen MR) is 424 cm³/mol. The van der Waals surface area contributed by atoms with E-state index in [-0.39, 0.29) is 32.0 Å². The highest BCUT2D eigenvalue weighted by Gasteiger charge is 2.22. The van der Waals surface area contributed by atoms with Gasteiger partial charge < -0.3 is 27.9 Å². The zero-order valence-electron chi connectivity index (χ0n) is 64.2. The Labute approximate surface area is 605 Å². The van der Waals surface area contributed by atoms with Crippen molar-refractivity contribution in [3.8, 4) is 0 Å². The van der Waals surface area contributed by atoms with E-state index < -0.39 is 26.5 Å². The van der Waals surface area contributed by atoms with E-state index in [1.807, 2.05) is 21.1 Å². The summed E-state index contributed by atoms with van der Waals surface area (Å²) in [6.07, 6.45) is 114. The maximum absolute atomic E-state index is 12.9. The topological polar surface area (TPSA) is 111 Å². The largest absolute Gasteiger partial charge is 0.756 e. The van der Waals surface area contributed by atoms with Crippen LogP contribution in [0.3, 0.4) is 0 Å². The average Bonchev–Trinajstić information content (AvgIpc) is 1.08. The Hall–Kier alpha value is -4.11. The second-order valence-electron chi connectivity index (χ2n) is 28.0. The van der Waals surface area contributed by atoms with E-state index in [4.69, 9.17) is 18.5 Å². The van der Waals surface area contributed by atoms with Gasteiger partial charge in [0.1, 0.15) is 19.8 Å². The molecular weight excluding hydrogens is 1230 g/mol. The highest BCUT2D eigenvalue weighted by atomic mass is 31.2. The van der Waals surface area contributed by atoms with Gasteiger partial charge in [-0.05, 0) is 122 Å². The Morgan fingerprint density at radius 2 is 0.582 bits per heavy atom. The van der Waals surface area contributed by atoms with Gasteiger partial charge in [0.15, 0.2) is 6.10 Å². The average molecular weight is 1380 g/mol. The quantitative estimate of drug-likeness (QED) is 0.0195. The summed E-state index contributed by atoms with van der Waals surface area (Å²) in [5.41, 5.74) is 0. The van der Waals surface area contributed by atoms with E-state index >= 15 is 0 Å². The number of quaternary nitrogens is 1. The molecule has 0 aromatic rings. The van der Waals surface area contributed by atoms with Crippen LogP contribution in [0.2, 0.25) is 0 Å². The van der Waals surface area contributed by atoms with Crippen molar-refractivity contribution in [3.63, 3.8) is 0 Å². The highest BCUT2D eigenvalue weighted by Crippen LogP contribution is 2.38. The number of allylic oxidation sites excluding steroid dienone is 24. The molecule has 0 spiro atoms. The van der Waals surface area contributed by atoms with Gasteiger partial charge >= 0.3 is 11.9 Å². The van der Waals surface area contributed by atoms with Crippen LogP contribution in [-0.2, 0) is 32.7 Å². The number of phosphoric ester groups is 1. The van der Waals surface area contributed by atoms with Gasteiger partial charge in [0.05, 0.1) is 27.7 Å². The molecular formula is C88H152NO8P. The number of carbonyl (C=O) groups is 2. The lowest BCUT2D eigenvalue weighted by Crippen LogP contribution is -2.37. The first kappa shape index (κ1) is 93.9. The molecule has 2 atom stereocenters. The number of hydrogen-bond donors (Lipinski definition) is 0. The molecule has 0 aromatic heterocycles. The Balaban J connectivity index is 4.00. The SMILES string of the molecule is CC/C=C\C/C=C\C/C=C\C/C=C\C/C=C\C/C=C\C/C=C\C/C=C\C/C=C\CCCCCCCCCCCCCCCC(=O)OC(COC(=O)CCCCCCCCCCCCCCCCCCCC/C=C\C/C=C\C/C=C\CCCCCCC)COP(=O)([O-])OCC[N+](C)(C)C. The minimum absolute atomic E-state index is 0.0351. The zero-order valence-corrected chi connectivity index (χ0v) is 65.1. The van der Waals surface area contributed by atoms with Crippen LogP contribution in [0.4, 0.5) is 0 Å². The Bertz CT molecular complexity index is 2170. The molecule has 0 fully saturated rings. The van der Waals surface area contributed by atoms with Crippen molar-refractivity contribution in [2.75, 3.05) is 47.5 Å². The molecule has 0 heterocycles. The fourth-order valence-electron chi connectivity index (χ4n) is 11.2. The molecule has 10 heteroatoms. The maximum Gasteiger partial charge on any atom is 0.306 e. The summed E-state index contributed by atoms with van der Waals surface area (Å²) >= 11 is 0. The molecule has 0 aliphatic heterocycles. The molecule has 0 radical (unpaired) electrons. The number of ether oxygens (including phenoxy) is 2. The van der Waals surface area contributed by atoms with Gasteiger partial charge in [-0.2, -0.15) is 0 Å². The van der Waals surface area contributed by atoms with Crippen molar-refractivity contribution in [1.82, 2.24) is 0 Å². The fourth-order valence-corrected chi connectivity index (χ4v) is 11.9. The summed E-state index contributed by atoms with van der Waals surface area (Å²) in [6.45, 7) is 4.14. The van der Waals surface area contributed by atoms with Crippen LogP contribution in [0.25, 0.3) is 0 Å². The molecule has 9 nitrogen and oxygen atoms in total. The Morgan fingerprint density at radius 3 is 0.867 bits per heavy atom. The normalized spacial score (nSPS) is 13.8. The predicted octanol–water partition coefficient (Wildman–Crippen LogP) is 26.6. The molecule has 562 valence electrons. The molecule has 0 N–H and O–H groups in total. The molecule has 98 heavy (non-hydrogen) atoms. The number of carbonyl (C=O) groups excluding carboxylic acids is 2. The van der Waals surface area contributed by atoms with Gasteiger partial charge in [0.25, 0.3) is 7.82 Å². The lowest BCUT2D eigenvalue weighted by Gasteiger charge is -2.28. The van der Waals surface area contributed by atoms with Crippen LogP contribution < -0.4 is 4.89 Å². The first-order chi connectivity index (χ1) is 48.0. The summed E-state index contributed by atoms with van der Waals surface area (Å²) in [6, 6.07) is 0. The van der Waals surface area contributed by atoms with Crippen molar-refractivity contribution in [1.29, 1.82) is 0 Å². The zero-order chi connectivity index (χ0) is 71.1. The minimum Gasteiger partial charge on any atom is -0.756 e. The first-order valence-electron chi connectivity index (χ1n) is 40.5. The Kier molecular flexibility index (Phi) is 73.8. The first-order valence-corrected chi connectivity index (χ1v) is 42.0. The van der Waals surface area contributed by atoms with E-state index in [9.17, 15) is 19.0 Å². The van der Waals surface area contributed by atoms with Crippen molar-refractivity contribution in [3.05, 3.63) is 146 Å². The van der Waals surface area contributed by atoms with E-state index in [0.717, 1.165) is 109 Å². The van der Waals surface area contributed by atoms with E-state index in [1.165, 1.54) is 205 Å². The summed E-state index contributed by atoms with van der Waals surface area (Å²) < 4.78 is 34.4. The van der Waals surface area contributed by atoms with Crippen molar-refractivity contribution in [2.45, 2.75) is 354 Å². The molecule has 0 aliphatic rings. The van der Waals surface area contributed by atoms with Gasteiger partial charge in [-0.25, -0.2) is 0 Å². The standard InChI is InChI=1S/C88H152NO8P/c1-6-8-10-12-14-16-18-20-22-24-26-28-30-32-34-36-38-40-41-42-43-44-45-46-47-49-51-53-55-57-59-61-63-65-67-69-71-73-75-77-79-81-88(91)97-86(85-96-98(92,93)95-83-82-89(3,4)5)84-94-87(90)80-78-76-74-72-70-68-66-64-62-60-58-56-54-52-50-48-39-37-35-33-31-29-27-25-23-21-19-17-15-13-11-9-7-2/h8,10,14,16,19-22,25-28,31-34,38,40,42-43,45-46,49,51,86H,6-7,9,11-13,15,17-18,23-24,29-30,35-37,39,41,44,47-48,50,52-85H2,1-5H3/b10-8-,16-14-,21-19-,22-20-,27-25-,28-26-,33-31-,34-32-,40-38-,43-42-,46-45-,51-49-. The fraction of sp³-hybridized carbons (Fsp3) is 0.705. The van der Waals surface area contributed by atoms with Gasteiger partial charge in [-0.15, -0.1) is 0 Å². The van der Waals surface area contributed by atoms with Crippen LogP contribution in [-0.4, -0.2) is 70.0 Å². The number of rotatable bonds is 74. The second-order valence-corrected chi connectivity index (χ2v) is 29.5. The molecule has 0 rings (SSSR count).